The molecule has 0 aliphatic carbocycles. The number of amides is 1. The summed E-state index contributed by atoms with van der Waals surface area (Å²) in [5.74, 6) is -1.13. The fraction of sp³-hybridized carbons (Fsp3) is 0.0870. The molecule has 0 fully saturated rings. The molecular weight excluding hydrogens is 561 g/mol. The van der Waals surface area contributed by atoms with Crippen LogP contribution in [0.15, 0.2) is 76.2 Å². The van der Waals surface area contributed by atoms with Crippen molar-refractivity contribution < 1.29 is 31.4 Å². The van der Waals surface area contributed by atoms with Gasteiger partial charge in [0.2, 0.25) is 21.6 Å². The number of hydrogen-bond acceptors (Lipinski definition) is 8. The normalized spacial score (nSPS) is 11.5. The van der Waals surface area contributed by atoms with Gasteiger partial charge in [0.15, 0.2) is 0 Å². The summed E-state index contributed by atoms with van der Waals surface area (Å²) >= 11 is 1.96. The van der Waals surface area contributed by atoms with Gasteiger partial charge in [-0.1, -0.05) is 12.1 Å². The number of nitriles is 1. The van der Waals surface area contributed by atoms with Crippen LogP contribution in [0.3, 0.4) is 0 Å². The molecule has 38 heavy (non-hydrogen) atoms. The molecule has 0 spiro atoms. The van der Waals surface area contributed by atoms with Gasteiger partial charge in [0.25, 0.3) is 5.03 Å². The molecule has 0 unspecified atom stereocenters. The maximum atomic E-state index is 13.7. The second kappa shape index (κ2) is 11.2. The summed E-state index contributed by atoms with van der Waals surface area (Å²) in [6, 6.07) is 12.4. The minimum Gasteiger partial charge on any atom is -0.366 e. The molecule has 2 N–H and O–H groups in total. The topological polar surface area (TPSA) is 141 Å². The highest BCUT2D eigenvalue weighted by Gasteiger charge is 2.38. The molecule has 0 bridgehead atoms. The first kappa shape index (κ1) is 27.0. The second-order valence-electron chi connectivity index (χ2n) is 7.36. The first-order valence-corrected chi connectivity index (χ1v) is 13.8. The van der Waals surface area contributed by atoms with E-state index in [1.54, 1.807) is 23.6 Å². The third-order valence-electron chi connectivity index (χ3n) is 4.77. The summed E-state index contributed by atoms with van der Waals surface area (Å²) < 4.78 is 69.3. The lowest BCUT2D eigenvalue weighted by Gasteiger charge is -2.12. The Morgan fingerprint density at radius 3 is 2.47 bits per heavy atom. The van der Waals surface area contributed by atoms with Crippen LogP contribution in [-0.2, 0) is 21.0 Å². The SMILES string of the molecule is N#Cc1c(C(F)(F)F)cc(-c2cccs2)[nH+]c1SCC(=O)Nc1ccc(S(=O)(=O)[N-]c2ncccn2)cc1. The maximum absolute atomic E-state index is 13.7. The molecule has 0 aliphatic rings. The summed E-state index contributed by atoms with van der Waals surface area (Å²) in [7, 11) is -4.09. The Hall–Kier alpha value is -4.00. The molecule has 4 aromatic rings. The van der Waals surface area contributed by atoms with E-state index >= 15 is 0 Å². The lowest BCUT2D eigenvalue weighted by Crippen LogP contribution is -2.21. The number of pyridine rings is 1. The number of sulfonamides is 1. The number of halogens is 3. The van der Waals surface area contributed by atoms with E-state index in [4.69, 9.17) is 0 Å². The van der Waals surface area contributed by atoms with E-state index in [9.17, 15) is 31.6 Å². The minimum atomic E-state index is -4.77. The van der Waals surface area contributed by atoms with Crippen LogP contribution in [0.5, 0.6) is 0 Å². The van der Waals surface area contributed by atoms with Gasteiger partial charge in [-0.15, -0.1) is 11.3 Å². The predicted octanol–water partition coefficient (Wildman–Crippen LogP) is 5.03. The molecular formula is C23H15F3N6O3S3. The van der Waals surface area contributed by atoms with Crippen LogP contribution >= 0.6 is 23.1 Å². The summed E-state index contributed by atoms with van der Waals surface area (Å²) in [5, 5.41) is 13.6. The van der Waals surface area contributed by atoms with E-state index in [0.29, 0.717) is 4.88 Å². The van der Waals surface area contributed by atoms with Gasteiger partial charge in [0, 0.05) is 17.7 Å². The Morgan fingerprint density at radius 2 is 1.87 bits per heavy atom. The molecule has 4 rings (SSSR count). The van der Waals surface area contributed by atoms with Crippen molar-refractivity contribution in [2.45, 2.75) is 16.1 Å². The standard InChI is InChI=1S/C23H15F3N6O3S3/c24-23(25,26)17-11-18(19-3-1-10-36-19)31-21(16(17)12-27)37-13-20(33)30-14-4-6-15(7-5-14)38(34,35)32-22-28-8-2-9-29-22/h1-11H,13H2,(H2,28,29,30,32,33). The maximum Gasteiger partial charge on any atom is 0.418 e. The number of anilines is 1. The fourth-order valence-electron chi connectivity index (χ4n) is 3.11. The highest BCUT2D eigenvalue weighted by Crippen LogP contribution is 2.37. The van der Waals surface area contributed by atoms with Crippen LogP contribution in [0.25, 0.3) is 15.3 Å². The highest BCUT2D eigenvalue weighted by molar-refractivity contribution is 7.99. The van der Waals surface area contributed by atoms with E-state index in [1.807, 2.05) is 0 Å². The number of nitrogens with zero attached hydrogens (tertiary/aromatic N) is 4. The lowest BCUT2D eigenvalue weighted by atomic mass is 10.1. The van der Waals surface area contributed by atoms with Crippen molar-refractivity contribution in [3.8, 4) is 16.6 Å². The number of thiophene rings is 1. The van der Waals surface area contributed by atoms with Crippen molar-refractivity contribution >= 4 is 50.7 Å². The zero-order valence-electron chi connectivity index (χ0n) is 18.9. The lowest BCUT2D eigenvalue weighted by molar-refractivity contribution is -0.414. The third-order valence-corrected chi connectivity index (χ3v) is 7.95. The van der Waals surface area contributed by atoms with Crippen LogP contribution in [0.1, 0.15) is 11.1 Å². The van der Waals surface area contributed by atoms with Crippen molar-refractivity contribution in [3.63, 3.8) is 0 Å². The number of hydrogen-bond donors (Lipinski definition) is 1. The first-order valence-electron chi connectivity index (χ1n) is 10.5. The predicted molar refractivity (Wildman–Crippen MR) is 134 cm³/mol. The molecule has 9 nitrogen and oxygen atoms in total. The fourth-order valence-corrected chi connectivity index (χ4v) is 5.53. The number of carbonyl (C=O) groups excluding carboxylic acids is 1. The van der Waals surface area contributed by atoms with Gasteiger partial charge in [-0.2, -0.15) is 23.4 Å². The van der Waals surface area contributed by atoms with E-state index in [1.165, 1.54) is 54.1 Å². The molecule has 0 saturated heterocycles. The van der Waals surface area contributed by atoms with Crippen molar-refractivity contribution in [2.75, 3.05) is 11.1 Å². The van der Waals surface area contributed by atoms with E-state index < -0.39 is 33.2 Å². The van der Waals surface area contributed by atoms with Crippen molar-refractivity contribution in [1.82, 2.24) is 9.97 Å². The number of benzene rings is 1. The monoisotopic (exact) mass is 576 g/mol. The number of rotatable bonds is 8. The molecule has 3 aromatic heterocycles. The number of H-pyrrole nitrogens is 1. The number of alkyl halides is 3. The Labute approximate surface area is 222 Å². The van der Waals surface area contributed by atoms with E-state index in [-0.39, 0.29) is 33.0 Å². The average molecular weight is 577 g/mol. The molecule has 15 heteroatoms. The number of carbonyl (C=O) groups is 1. The largest absolute Gasteiger partial charge is 0.418 e. The highest BCUT2D eigenvalue weighted by atomic mass is 32.2. The van der Waals surface area contributed by atoms with Crippen LogP contribution in [0.4, 0.5) is 24.8 Å². The number of thioether (sulfide) groups is 1. The Morgan fingerprint density at radius 1 is 1.16 bits per heavy atom. The van der Waals surface area contributed by atoms with Gasteiger partial charge in [0.1, 0.15) is 11.6 Å². The van der Waals surface area contributed by atoms with Crippen LogP contribution in [0.2, 0.25) is 0 Å². The smallest absolute Gasteiger partial charge is 0.366 e. The molecule has 1 aromatic carbocycles. The summed E-state index contributed by atoms with van der Waals surface area (Å²) in [6.45, 7) is 0. The molecule has 0 aliphatic heterocycles. The van der Waals surface area contributed by atoms with Gasteiger partial charge in [-0.25, -0.2) is 8.42 Å². The van der Waals surface area contributed by atoms with Crippen LogP contribution in [0, 0.1) is 11.3 Å². The molecule has 0 atom stereocenters. The summed E-state index contributed by atoms with van der Waals surface area (Å²) in [4.78, 5) is 23.2. The first-order chi connectivity index (χ1) is 18.1. The molecule has 0 saturated carbocycles. The summed E-state index contributed by atoms with van der Waals surface area (Å²) in [6.07, 6.45) is -2.08. The third kappa shape index (κ3) is 6.46. The van der Waals surface area contributed by atoms with Gasteiger partial charge in [-0.05, 0) is 59.9 Å². The van der Waals surface area contributed by atoms with E-state index in [0.717, 1.165) is 17.8 Å². The Kier molecular flexibility index (Phi) is 7.95. The number of aromatic nitrogens is 3. The average Bonchev–Trinajstić information content (AvgIpc) is 3.42. The molecule has 1 amide bonds. The molecule has 3 heterocycles. The Bertz CT molecular complexity index is 1590. The van der Waals surface area contributed by atoms with Crippen molar-refractivity contribution in [3.05, 3.63) is 82.2 Å². The zero-order valence-corrected chi connectivity index (χ0v) is 21.4. The number of aromatic amines is 1. The van der Waals surface area contributed by atoms with Gasteiger partial charge in [-0.3, -0.25) is 9.52 Å². The van der Waals surface area contributed by atoms with Gasteiger partial charge < -0.3 is 15.3 Å². The Balaban J connectivity index is 1.47. The van der Waals surface area contributed by atoms with Crippen molar-refractivity contribution in [2.24, 2.45) is 0 Å². The van der Waals surface area contributed by atoms with Crippen molar-refractivity contribution in [1.29, 1.82) is 5.26 Å². The number of nitrogens with one attached hydrogen (secondary N) is 2. The van der Waals surface area contributed by atoms with E-state index in [2.05, 4.69) is 25.0 Å². The van der Waals surface area contributed by atoms with Gasteiger partial charge in [0.05, 0.1) is 21.1 Å². The zero-order chi connectivity index (χ0) is 27.3. The molecule has 194 valence electrons. The van der Waals surface area contributed by atoms with Crippen LogP contribution in [-0.4, -0.2) is 30.0 Å². The van der Waals surface area contributed by atoms with Gasteiger partial charge >= 0.3 is 6.18 Å². The second-order valence-corrected chi connectivity index (χ2v) is 10.9. The minimum absolute atomic E-state index is 0.105. The summed E-state index contributed by atoms with van der Waals surface area (Å²) in [5.41, 5.74) is -1.31. The van der Waals surface area contributed by atoms with Crippen LogP contribution < -0.4 is 10.3 Å². The quantitative estimate of drug-likeness (QED) is 0.290. The molecule has 0 radical (unpaired) electrons.